The van der Waals surface area contributed by atoms with Crippen LogP contribution in [0.4, 0.5) is 0 Å². The average Bonchev–Trinajstić information content (AvgIpc) is 1.81. The van der Waals surface area contributed by atoms with Crippen LogP contribution in [0.1, 0.15) is 19.8 Å². The van der Waals surface area contributed by atoms with Gasteiger partial charge in [-0.25, -0.2) is 0 Å². The zero-order valence-corrected chi connectivity index (χ0v) is 6.84. The monoisotopic (exact) mass is 148 g/mol. The van der Waals surface area contributed by atoms with E-state index in [0.717, 1.165) is 5.75 Å². The molecule has 0 aromatic carbocycles. The van der Waals surface area contributed by atoms with E-state index in [1.54, 1.807) is 10.8 Å². The van der Waals surface area contributed by atoms with Gasteiger partial charge < -0.3 is 0 Å². The molecule has 0 amide bonds. The van der Waals surface area contributed by atoms with E-state index >= 15 is 0 Å². The lowest BCUT2D eigenvalue weighted by Gasteiger charge is -1.88. The van der Waals surface area contributed by atoms with Crippen LogP contribution < -0.4 is 0 Å². The molecule has 0 fully saturated rings. The minimum absolute atomic E-state index is 1.16. The van der Waals surface area contributed by atoms with Crippen molar-refractivity contribution in [1.29, 1.82) is 0 Å². The summed E-state index contributed by atoms with van der Waals surface area (Å²) in [6, 6.07) is 0. The lowest BCUT2D eigenvalue weighted by atomic mass is 10.3. The van der Waals surface area contributed by atoms with Crippen molar-refractivity contribution >= 4 is 22.5 Å². The van der Waals surface area contributed by atoms with Crippen LogP contribution in [0.15, 0.2) is 12.2 Å². The molecule has 0 atom stereocenters. The van der Waals surface area contributed by atoms with Gasteiger partial charge in [-0.05, 0) is 19.8 Å². The first-order chi connectivity index (χ1) is 3.91. The number of thiol groups is 1. The maximum absolute atomic E-state index is 4.02. The molecule has 0 rings (SSSR count). The fraction of sp³-hybridized carbons (Fsp3) is 0.667. The quantitative estimate of drug-likeness (QED) is 0.277. The molecule has 0 N–H and O–H groups in total. The van der Waals surface area contributed by atoms with E-state index < -0.39 is 0 Å². The van der Waals surface area contributed by atoms with Gasteiger partial charge in [-0.3, -0.25) is 0 Å². The molecule has 0 heterocycles. The van der Waals surface area contributed by atoms with E-state index in [9.17, 15) is 0 Å². The Bertz CT molecular complexity index is 59.5. The van der Waals surface area contributed by atoms with Gasteiger partial charge in [-0.15, -0.1) is 11.7 Å². The highest BCUT2D eigenvalue weighted by atomic mass is 33.1. The van der Waals surface area contributed by atoms with Gasteiger partial charge in [0.25, 0.3) is 0 Å². The van der Waals surface area contributed by atoms with Crippen LogP contribution in [0.3, 0.4) is 0 Å². The number of hydrogen-bond acceptors (Lipinski definition) is 2. The molecule has 0 nitrogen and oxygen atoms in total. The molecule has 48 valence electrons. The Morgan fingerprint density at radius 3 is 2.88 bits per heavy atom. The number of rotatable bonds is 4. The second-order valence-electron chi connectivity index (χ2n) is 1.54. The molecule has 0 aliphatic rings. The van der Waals surface area contributed by atoms with Crippen molar-refractivity contribution in [3.05, 3.63) is 12.2 Å². The van der Waals surface area contributed by atoms with Crippen LogP contribution in [-0.4, -0.2) is 5.75 Å². The van der Waals surface area contributed by atoms with Crippen LogP contribution in [0.5, 0.6) is 0 Å². The Hall–Kier alpha value is 0.440. The Morgan fingerprint density at radius 2 is 2.38 bits per heavy atom. The third-order valence-corrected chi connectivity index (χ3v) is 1.86. The maximum Gasteiger partial charge on any atom is 0.00374 e. The van der Waals surface area contributed by atoms with Crippen LogP contribution in [0.25, 0.3) is 0 Å². The molecule has 0 aliphatic carbocycles. The first-order valence-corrected chi connectivity index (χ1v) is 4.83. The Balaban J connectivity index is 2.72. The molecular weight excluding hydrogens is 136 g/mol. The summed E-state index contributed by atoms with van der Waals surface area (Å²) >= 11 is 4.02. The van der Waals surface area contributed by atoms with E-state index in [4.69, 9.17) is 0 Å². The first-order valence-electron chi connectivity index (χ1n) is 2.79. The van der Waals surface area contributed by atoms with Crippen molar-refractivity contribution in [3.63, 3.8) is 0 Å². The van der Waals surface area contributed by atoms with Crippen molar-refractivity contribution in [2.45, 2.75) is 19.8 Å². The van der Waals surface area contributed by atoms with Crippen LogP contribution >= 0.6 is 22.5 Å². The zero-order chi connectivity index (χ0) is 6.24. The second-order valence-corrected chi connectivity index (χ2v) is 2.99. The summed E-state index contributed by atoms with van der Waals surface area (Å²) < 4.78 is 0. The summed E-state index contributed by atoms with van der Waals surface area (Å²) in [5.41, 5.74) is 0. The third kappa shape index (κ3) is 6.44. The molecule has 0 spiro atoms. The summed E-state index contributed by atoms with van der Waals surface area (Å²) in [6.45, 7) is 2.05. The summed E-state index contributed by atoms with van der Waals surface area (Å²) in [7, 11) is 1.61. The Labute approximate surface area is 60.6 Å². The summed E-state index contributed by atoms with van der Waals surface area (Å²) in [4.78, 5) is 0. The van der Waals surface area contributed by atoms with E-state index in [1.807, 2.05) is 6.92 Å². The fourth-order valence-corrected chi connectivity index (χ4v) is 1.12. The van der Waals surface area contributed by atoms with Gasteiger partial charge in [0, 0.05) is 5.75 Å². The van der Waals surface area contributed by atoms with Gasteiger partial charge in [0.05, 0.1) is 0 Å². The molecule has 8 heavy (non-hydrogen) atoms. The maximum atomic E-state index is 4.02. The van der Waals surface area contributed by atoms with Gasteiger partial charge in [0.15, 0.2) is 0 Å². The number of allylic oxidation sites excluding steroid dienone is 2. The Kier molecular flexibility index (Phi) is 7.85. The summed E-state index contributed by atoms with van der Waals surface area (Å²) in [5, 5.41) is 0. The first kappa shape index (κ1) is 8.44. The minimum Gasteiger partial charge on any atom is -0.111 e. The topological polar surface area (TPSA) is 0 Å². The zero-order valence-electron chi connectivity index (χ0n) is 5.13. The van der Waals surface area contributed by atoms with Gasteiger partial charge in [0.2, 0.25) is 0 Å². The molecule has 0 aromatic rings. The largest absolute Gasteiger partial charge is 0.111 e. The fourth-order valence-electron chi connectivity index (χ4n) is 0.432. The van der Waals surface area contributed by atoms with Gasteiger partial charge in [-0.2, -0.15) is 0 Å². The highest BCUT2D eigenvalue weighted by molar-refractivity contribution is 8.68. The average molecular weight is 148 g/mol. The van der Waals surface area contributed by atoms with Crippen LogP contribution in [0, 0.1) is 0 Å². The van der Waals surface area contributed by atoms with Gasteiger partial charge >= 0.3 is 0 Å². The van der Waals surface area contributed by atoms with Crippen LogP contribution in [0.2, 0.25) is 0 Å². The molecule has 0 aliphatic heterocycles. The van der Waals surface area contributed by atoms with Gasteiger partial charge in [-0.1, -0.05) is 22.9 Å². The van der Waals surface area contributed by atoms with E-state index in [-0.39, 0.29) is 0 Å². The lowest BCUT2D eigenvalue weighted by Crippen LogP contribution is -1.71. The molecule has 2 heteroatoms. The predicted molar refractivity (Wildman–Crippen MR) is 45.5 cm³/mol. The molecule has 0 unspecified atom stereocenters. The van der Waals surface area contributed by atoms with Crippen molar-refractivity contribution in [2.75, 3.05) is 5.75 Å². The van der Waals surface area contributed by atoms with Crippen molar-refractivity contribution < 1.29 is 0 Å². The van der Waals surface area contributed by atoms with Crippen molar-refractivity contribution in [2.24, 2.45) is 0 Å². The van der Waals surface area contributed by atoms with E-state index in [2.05, 4.69) is 23.8 Å². The third-order valence-electron chi connectivity index (χ3n) is 0.842. The molecule has 0 saturated heterocycles. The van der Waals surface area contributed by atoms with E-state index in [0.29, 0.717) is 0 Å². The smallest absolute Gasteiger partial charge is 0.00374 e. The molecule has 0 bridgehead atoms. The summed E-state index contributed by atoms with van der Waals surface area (Å²) in [6.07, 6.45) is 6.72. The molecular formula is C6H12S2. The minimum atomic E-state index is 1.16. The van der Waals surface area contributed by atoms with Crippen molar-refractivity contribution in [1.82, 2.24) is 0 Å². The molecule has 0 aromatic heterocycles. The molecule has 0 radical (unpaired) electrons. The summed E-state index contributed by atoms with van der Waals surface area (Å²) in [5.74, 6) is 1.16. The molecule has 0 saturated carbocycles. The number of unbranched alkanes of at least 4 members (excludes halogenated alkanes) is 1. The van der Waals surface area contributed by atoms with Gasteiger partial charge in [0.1, 0.15) is 0 Å². The van der Waals surface area contributed by atoms with E-state index in [1.165, 1.54) is 12.8 Å². The lowest BCUT2D eigenvalue weighted by molar-refractivity contribution is 0.973. The van der Waals surface area contributed by atoms with Crippen molar-refractivity contribution in [3.8, 4) is 0 Å². The normalized spacial score (nSPS) is 10.8. The predicted octanol–water partition coefficient (Wildman–Crippen LogP) is 2.92. The highest BCUT2D eigenvalue weighted by Gasteiger charge is 1.79. The number of hydrogen-bond donors (Lipinski definition) is 1. The SMILES string of the molecule is CC=CCCCSS. The second kappa shape index (κ2) is 7.44. The Morgan fingerprint density at radius 1 is 1.62 bits per heavy atom. The standard InChI is InChI=1S/C6H12S2/c1-2-3-4-5-6-8-7/h2-3,7H,4-6H2,1H3. The van der Waals surface area contributed by atoms with Crippen LogP contribution in [-0.2, 0) is 0 Å². The highest BCUT2D eigenvalue weighted by Crippen LogP contribution is 2.07.